The number of rotatable bonds is 1. The first kappa shape index (κ1) is 12.2. The van der Waals surface area contributed by atoms with Gasteiger partial charge in [-0.15, -0.1) is 0 Å². The van der Waals surface area contributed by atoms with Crippen LogP contribution in [0.25, 0.3) is 0 Å². The van der Waals surface area contributed by atoms with E-state index in [9.17, 15) is 4.79 Å². The summed E-state index contributed by atoms with van der Waals surface area (Å²) in [6.07, 6.45) is 1.68. The highest BCUT2D eigenvalue weighted by Gasteiger charge is 2.37. The Bertz CT molecular complexity index is 448. The molecule has 2 heteroatoms. The average Bonchev–Trinajstić information content (AvgIpc) is 2.26. The van der Waals surface area contributed by atoms with E-state index in [0.29, 0.717) is 12.2 Å². The van der Waals surface area contributed by atoms with Crippen molar-refractivity contribution >= 4 is 11.5 Å². The van der Waals surface area contributed by atoms with Gasteiger partial charge in [0.05, 0.1) is 5.54 Å². The number of benzene rings is 1. The summed E-state index contributed by atoms with van der Waals surface area (Å²) in [7, 11) is 0. The number of piperidine rings is 1. The van der Waals surface area contributed by atoms with Gasteiger partial charge in [-0.2, -0.15) is 0 Å². The minimum absolute atomic E-state index is 0.352. The summed E-state index contributed by atoms with van der Waals surface area (Å²) in [5.74, 6) is 0.352. The molecule has 0 spiro atoms. The summed E-state index contributed by atoms with van der Waals surface area (Å²) < 4.78 is 0. The lowest BCUT2D eigenvalue weighted by Crippen LogP contribution is -2.54. The molecule has 0 radical (unpaired) electrons. The van der Waals surface area contributed by atoms with Crippen molar-refractivity contribution in [3.05, 3.63) is 29.3 Å². The summed E-state index contributed by atoms with van der Waals surface area (Å²) in [5.41, 5.74) is 3.34. The van der Waals surface area contributed by atoms with Crippen LogP contribution in [0, 0.1) is 13.8 Å². The fourth-order valence-electron chi connectivity index (χ4n) is 2.57. The van der Waals surface area contributed by atoms with Gasteiger partial charge in [0.2, 0.25) is 0 Å². The zero-order chi connectivity index (χ0) is 12.6. The molecule has 1 aromatic rings. The molecule has 1 aromatic carbocycles. The van der Waals surface area contributed by atoms with Crippen LogP contribution in [0.5, 0.6) is 0 Å². The first-order chi connectivity index (χ1) is 7.93. The highest BCUT2D eigenvalue weighted by molar-refractivity contribution is 5.92. The Morgan fingerprint density at radius 3 is 2.65 bits per heavy atom. The summed E-state index contributed by atoms with van der Waals surface area (Å²) in [6, 6.07) is 6.45. The van der Waals surface area contributed by atoms with Gasteiger partial charge in [-0.25, -0.2) is 0 Å². The number of ketones is 1. The van der Waals surface area contributed by atoms with Gasteiger partial charge in [-0.05, 0) is 51.3 Å². The number of hydrogen-bond donors (Lipinski definition) is 0. The Morgan fingerprint density at radius 2 is 1.94 bits per heavy atom. The molecule has 1 fully saturated rings. The number of carbonyl (C=O) groups excluding carboxylic acids is 1. The maximum atomic E-state index is 12.1. The van der Waals surface area contributed by atoms with Crippen LogP contribution in [-0.4, -0.2) is 17.9 Å². The molecule has 1 aliphatic heterocycles. The fraction of sp³-hybridized carbons (Fsp3) is 0.533. The van der Waals surface area contributed by atoms with Gasteiger partial charge in [0.1, 0.15) is 0 Å². The molecule has 1 heterocycles. The van der Waals surface area contributed by atoms with Crippen molar-refractivity contribution < 1.29 is 4.79 Å². The summed E-state index contributed by atoms with van der Waals surface area (Å²) in [4.78, 5) is 14.3. The number of anilines is 1. The second kappa shape index (κ2) is 4.17. The first-order valence-electron chi connectivity index (χ1n) is 6.31. The molecule has 0 saturated carbocycles. The largest absolute Gasteiger partial charge is 0.359 e. The van der Waals surface area contributed by atoms with Crippen molar-refractivity contribution in [1.29, 1.82) is 0 Å². The van der Waals surface area contributed by atoms with Crippen molar-refractivity contribution in [2.45, 2.75) is 46.1 Å². The van der Waals surface area contributed by atoms with E-state index in [0.717, 1.165) is 13.0 Å². The maximum Gasteiger partial charge on any atom is 0.157 e. The number of carbonyl (C=O) groups is 1. The third-order valence-corrected chi connectivity index (χ3v) is 3.80. The average molecular weight is 231 g/mol. The molecule has 0 atom stereocenters. The fourth-order valence-corrected chi connectivity index (χ4v) is 2.57. The molecular weight excluding hydrogens is 210 g/mol. The third-order valence-electron chi connectivity index (χ3n) is 3.80. The molecule has 0 aromatic heterocycles. The maximum absolute atomic E-state index is 12.1. The molecule has 0 N–H and O–H groups in total. The highest BCUT2D eigenvalue weighted by atomic mass is 16.1. The van der Waals surface area contributed by atoms with Gasteiger partial charge in [0.25, 0.3) is 0 Å². The molecule has 0 amide bonds. The quantitative estimate of drug-likeness (QED) is 0.739. The highest BCUT2D eigenvalue weighted by Crippen LogP contribution is 2.32. The van der Waals surface area contributed by atoms with Crippen molar-refractivity contribution in [2.24, 2.45) is 0 Å². The number of Topliss-reactive ketones (excluding diaryl/α,β-unsaturated/α-hetero) is 1. The second-order valence-corrected chi connectivity index (χ2v) is 5.53. The Balaban J connectivity index is 2.44. The van der Waals surface area contributed by atoms with E-state index in [4.69, 9.17) is 0 Å². The topological polar surface area (TPSA) is 20.3 Å². The predicted molar refractivity (Wildman–Crippen MR) is 71.6 cm³/mol. The van der Waals surface area contributed by atoms with Crippen LogP contribution in [0.2, 0.25) is 0 Å². The van der Waals surface area contributed by atoms with Gasteiger partial charge in [-0.1, -0.05) is 12.1 Å². The molecule has 17 heavy (non-hydrogen) atoms. The smallest absolute Gasteiger partial charge is 0.157 e. The molecule has 0 bridgehead atoms. The molecular formula is C15H21NO. The Hall–Kier alpha value is -1.31. The normalized spacial score (nSPS) is 19.5. The van der Waals surface area contributed by atoms with Gasteiger partial charge < -0.3 is 4.90 Å². The van der Waals surface area contributed by atoms with Gasteiger partial charge in [0, 0.05) is 18.7 Å². The Labute approximate surface area is 104 Å². The van der Waals surface area contributed by atoms with Crippen LogP contribution < -0.4 is 4.90 Å². The Morgan fingerprint density at radius 1 is 1.24 bits per heavy atom. The first-order valence-corrected chi connectivity index (χ1v) is 6.31. The predicted octanol–water partition coefficient (Wildman–Crippen LogP) is 3.25. The lowest BCUT2D eigenvalue weighted by Gasteiger charge is -2.43. The van der Waals surface area contributed by atoms with E-state index in [2.05, 4.69) is 36.9 Å². The van der Waals surface area contributed by atoms with Gasteiger partial charge in [0.15, 0.2) is 5.78 Å². The van der Waals surface area contributed by atoms with E-state index < -0.39 is 0 Å². The minimum atomic E-state index is -0.364. The van der Waals surface area contributed by atoms with Crippen LogP contribution >= 0.6 is 0 Å². The van der Waals surface area contributed by atoms with E-state index in [1.54, 1.807) is 0 Å². The van der Waals surface area contributed by atoms with E-state index in [-0.39, 0.29) is 5.54 Å². The van der Waals surface area contributed by atoms with Crippen LogP contribution in [-0.2, 0) is 4.79 Å². The van der Waals surface area contributed by atoms with Crippen LogP contribution in [0.15, 0.2) is 18.2 Å². The molecule has 1 aliphatic rings. The summed E-state index contributed by atoms with van der Waals surface area (Å²) >= 11 is 0. The lowest BCUT2D eigenvalue weighted by molar-refractivity contribution is -0.124. The van der Waals surface area contributed by atoms with E-state index in [1.807, 2.05) is 13.8 Å². The molecule has 2 rings (SSSR count). The van der Waals surface area contributed by atoms with Crippen molar-refractivity contribution in [1.82, 2.24) is 0 Å². The van der Waals surface area contributed by atoms with Gasteiger partial charge >= 0.3 is 0 Å². The number of aryl methyl sites for hydroxylation is 2. The molecule has 0 unspecified atom stereocenters. The minimum Gasteiger partial charge on any atom is -0.359 e. The number of nitrogens with zero attached hydrogens (tertiary/aromatic N) is 1. The summed E-state index contributed by atoms with van der Waals surface area (Å²) in [5, 5.41) is 0. The molecule has 1 saturated heterocycles. The Kier molecular flexibility index (Phi) is 2.98. The zero-order valence-electron chi connectivity index (χ0n) is 11.2. The van der Waals surface area contributed by atoms with Crippen LogP contribution in [0.4, 0.5) is 5.69 Å². The van der Waals surface area contributed by atoms with E-state index in [1.165, 1.54) is 16.8 Å². The van der Waals surface area contributed by atoms with E-state index >= 15 is 0 Å². The van der Waals surface area contributed by atoms with Crippen molar-refractivity contribution in [3.8, 4) is 0 Å². The van der Waals surface area contributed by atoms with Crippen LogP contribution in [0.1, 0.15) is 37.8 Å². The molecule has 0 aliphatic carbocycles. The second-order valence-electron chi connectivity index (χ2n) is 5.53. The van der Waals surface area contributed by atoms with Crippen LogP contribution in [0.3, 0.4) is 0 Å². The lowest BCUT2D eigenvalue weighted by atomic mass is 9.87. The third kappa shape index (κ3) is 2.08. The molecule has 2 nitrogen and oxygen atoms in total. The summed E-state index contributed by atoms with van der Waals surface area (Å²) in [6.45, 7) is 9.27. The molecule has 92 valence electrons. The standard InChI is InChI=1S/C15H21NO/c1-11-7-8-12(2)13(10-11)16-9-5-6-14(17)15(16,3)4/h7-8,10H,5-6,9H2,1-4H3. The van der Waals surface area contributed by atoms with Crippen molar-refractivity contribution in [3.63, 3.8) is 0 Å². The number of hydrogen-bond acceptors (Lipinski definition) is 2. The van der Waals surface area contributed by atoms with Crippen molar-refractivity contribution in [2.75, 3.05) is 11.4 Å². The monoisotopic (exact) mass is 231 g/mol. The SMILES string of the molecule is Cc1ccc(C)c(N2CCCC(=O)C2(C)C)c1. The zero-order valence-corrected chi connectivity index (χ0v) is 11.2. The van der Waals surface area contributed by atoms with Gasteiger partial charge in [-0.3, -0.25) is 4.79 Å².